The number of halogens is 3. The summed E-state index contributed by atoms with van der Waals surface area (Å²) in [5, 5.41) is 6.54. The molecule has 3 heterocycles. The third kappa shape index (κ3) is 2.16. The Labute approximate surface area is 103 Å². The molecule has 3 unspecified atom stereocenters. The standard InChI is InChI=1S/C12H14F3N3/c13-12(14,15)10-2-1-3-11(18-10)17-9-6-7-4-5-8(9)16-7/h1-3,7-9,16H,4-6H2,(H,17,18). The number of nitrogens with one attached hydrogen (secondary N) is 2. The molecule has 0 aliphatic carbocycles. The number of rotatable bonds is 2. The maximum absolute atomic E-state index is 12.5. The summed E-state index contributed by atoms with van der Waals surface area (Å²) in [6.07, 6.45) is -1.17. The van der Waals surface area contributed by atoms with Crippen molar-refractivity contribution in [2.45, 2.75) is 43.6 Å². The minimum absolute atomic E-state index is 0.194. The normalized spacial score (nSPS) is 30.7. The monoisotopic (exact) mass is 257 g/mol. The van der Waals surface area contributed by atoms with Gasteiger partial charge in [0, 0.05) is 18.1 Å². The molecule has 3 atom stereocenters. The van der Waals surface area contributed by atoms with E-state index < -0.39 is 11.9 Å². The largest absolute Gasteiger partial charge is 0.433 e. The Morgan fingerprint density at radius 1 is 1.28 bits per heavy atom. The highest BCUT2D eigenvalue weighted by atomic mass is 19.4. The Bertz CT molecular complexity index is 446. The fraction of sp³-hybridized carbons (Fsp3) is 0.583. The van der Waals surface area contributed by atoms with Crippen LogP contribution in [0.2, 0.25) is 0 Å². The average Bonchev–Trinajstić information content (AvgIpc) is 2.90. The van der Waals surface area contributed by atoms with Gasteiger partial charge in [0.25, 0.3) is 0 Å². The molecule has 2 fully saturated rings. The lowest BCUT2D eigenvalue weighted by Crippen LogP contribution is -2.33. The summed E-state index contributed by atoms with van der Waals surface area (Å²) < 4.78 is 37.6. The summed E-state index contributed by atoms with van der Waals surface area (Å²) in [5.41, 5.74) is -0.844. The first-order chi connectivity index (χ1) is 8.52. The minimum Gasteiger partial charge on any atom is -0.366 e. The molecule has 0 spiro atoms. The van der Waals surface area contributed by atoms with E-state index in [4.69, 9.17) is 0 Å². The third-order valence-electron chi connectivity index (χ3n) is 3.67. The zero-order valence-corrected chi connectivity index (χ0v) is 9.67. The smallest absolute Gasteiger partial charge is 0.366 e. The van der Waals surface area contributed by atoms with Crippen LogP contribution in [0, 0.1) is 0 Å². The summed E-state index contributed by atoms with van der Waals surface area (Å²) in [5.74, 6) is 0.309. The Morgan fingerprint density at radius 3 is 2.72 bits per heavy atom. The van der Waals surface area contributed by atoms with E-state index in [2.05, 4.69) is 15.6 Å². The number of fused-ring (bicyclic) bond motifs is 2. The van der Waals surface area contributed by atoms with Crippen LogP contribution in [0.25, 0.3) is 0 Å². The van der Waals surface area contributed by atoms with Crippen molar-refractivity contribution in [2.75, 3.05) is 5.32 Å². The van der Waals surface area contributed by atoms with Crippen LogP contribution in [-0.2, 0) is 6.18 Å². The van der Waals surface area contributed by atoms with Gasteiger partial charge in [-0.25, -0.2) is 4.98 Å². The zero-order chi connectivity index (χ0) is 12.8. The van der Waals surface area contributed by atoms with Gasteiger partial charge in [0.15, 0.2) is 0 Å². The number of pyridine rings is 1. The van der Waals surface area contributed by atoms with Crippen LogP contribution in [0.1, 0.15) is 25.0 Å². The van der Waals surface area contributed by atoms with E-state index in [0.29, 0.717) is 17.9 Å². The number of hydrogen-bond donors (Lipinski definition) is 2. The van der Waals surface area contributed by atoms with Gasteiger partial charge in [0.1, 0.15) is 11.5 Å². The van der Waals surface area contributed by atoms with Gasteiger partial charge in [0.05, 0.1) is 0 Å². The van der Waals surface area contributed by atoms with Crippen LogP contribution in [0.15, 0.2) is 18.2 Å². The molecule has 2 aliphatic heterocycles. The highest BCUT2D eigenvalue weighted by Crippen LogP contribution is 2.31. The van der Waals surface area contributed by atoms with Crippen molar-refractivity contribution in [3.63, 3.8) is 0 Å². The van der Waals surface area contributed by atoms with Gasteiger partial charge in [-0.05, 0) is 31.4 Å². The van der Waals surface area contributed by atoms with E-state index >= 15 is 0 Å². The van der Waals surface area contributed by atoms with Crippen molar-refractivity contribution in [2.24, 2.45) is 0 Å². The number of hydrogen-bond acceptors (Lipinski definition) is 3. The second kappa shape index (κ2) is 4.12. The van der Waals surface area contributed by atoms with E-state index in [-0.39, 0.29) is 6.04 Å². The Balaban J connectivity index is 1.73. The van der Waals surface area contributed by atoms with Crippen LogP contribution < -0.4 is 10.6 Å². The van der Waals surface area contributed by atoms with Gasteiger partial charge in [-0.15, -0.1) is 0 Å². The molecule has 3 rings (SSSR count). The highest BCUT2D eigenvalue weighted by Gasteiger charge is 2.39. The average molecular weight is 257 g/mol. The van der Waals surface area contributed by atoms with Crippen LogP contribution in [0.5, 0.6) is 0 Å². The molecular formula is C12H14F3N3. The summed E-state index contributed by atoms with van der Waals surface area (Å²) in [4.78, 5) is 3.63. The van der Waals surface area contributed by atoms with Crippen molar-refractivity contribution >= 4 is 5.82 Å². The molecule has 2 saturated heterocycles. The van der Waals surface area contributed by atoms with Crippen LogP contribution in [-0.4, -0.2) is 23.1 Å². The van der Waals surface area contributed by atoms with Crippen molar-refractivity contribution in [1.82, 2.24) is 10.3 Å². The number of anilines is 1. The molecule has 0 radical (unpaired) electrons. The quantitative estimate of drug-likeness (QED) is 0.854. The van der Waals surface area contributed by atoms with Crippen molar-refractivity contribution in [3.05, 3.63) is 23.9 Å². The van der Waals surface area contributed by atoms with Crippen molar-refractivity contribution in [1.29, 1.82) is 0 Å². The Kier molecular flexibility index (Phi) is 2.69. The maximum atomic E-state index is 12.5. The second-order valence-electron chi connectivity index (χ2n) is 4.94. The zero-order valence-electron chi connectivity index (χ0n) is 9.67. The van der Waals surface area contributed by atoms with Crippen LogP contribution in [0.3, 0.4) is 0 Å². The summed E-state index contributed by atoms with van der Waals surface area (Å²) in [6.45, 7) is 0. The van der Waals surface area contributed by atoms with E-state index in [1.807, 2.05) is 0 Å². The van der Waals surface area contributed by atoms with Gasteiger partial charge in [0.2, 0.25) is 0 Å². The molecule has 1 aromatic rings. The fourth-order valence-electron chi connectivity index (χ4n) is 2.85. The van der Waals surface area contributed by atoms with Gasteiger partial charge >= 0.3 is 6.18 Å². The van der Waals surface area contributed by atoms with E-state index in [1.165, 1.54) is 12.5 Å². The van der Waals surface area contributed by atoms with Gasteiger partial charge in [-0.3, -0.25) is 0 Å². The molecule has 0 amide bonds. The van der Waals surface area contributed by atoms with Crippen molar-refractivity contribution < 1.29 is 13.2 Å². The number of nitrogens with zero attached hydrogens (tertiary/aromatic N) is 1. The maximum Gasteiger partial charge on any atom is 0.433 e. The molecule has 18 heavy (non-hydrogen) atoms. The predicted molar refractivity (Wildman–Crippen MR) is 61.2 cm³/mol. The first kappa shape index (κ1) is 11.8. The first-order valence-electron chi connectivity index (χ1n) is 6.09. The molecular weight excluding hydrogens is 243 g/mol. The Hall–Kier alpha value is -1.30. The lowest BCUT2D eigenvalue weighted by molar-refractivity contribution is -0.141. The fourth-order valence-corrected chi connectivity index (χ4v) is 2.85. The van der Waals surface area contributed by atoms with Gasteiger partial charge < -0.3 is 10.6 Å². The number of alkyl halides is 3. The SMILES string of the molecule is FC(F)(F)c1cccc(NC2CC3CCC2N3)n1. The first-order valence-corrected chi connectivity index (χ1v) is 6.09. The summed E-state index contributed by atoms with van der Waals surface area (Å²) in [6, 6.07) is 5.04. The predicted octanol–water partition coefficient (Wildman–Crippen LogP) is 2.41. The summed E-state index contributed by atoms with van der Waals surface area (Å²) in [7, 11) is 0. The minimum atomic E-state index is -4.38. The molecule has 2 bridgehead atoms. The van der Waals surface area contributed by atoms with Crippen LogP contribution >= 0.6 is 0 Å². The number of aromatic nitrogens is 1. The molecule has 1 aromatic heterocycles. The molecule has 3 nitrogen and oxygen atoms in total. The van der Waals surface area contributed by atoms with Gasteiger partial charge in [-0.2, -0.15) is 13.2 Å². The highest BCUT2D eigenvalue weighted by molar-refractivity contribution is 5.38. The summed E-state index contributed by atoms with van der Waals surface area (Å²) >= 11 is 0. The third-order valence-corrected chi connectivity index (χ3v) is 3.67. The molecule has 2 aliphatic rings. The lowest BCUT2D eigenvalue weighted by atomic mass is 9.95. The van der Waals surface area contributed by atoms with Crippen LogP contribution in [0.4, 0.5) is 19.0 Å². The molecule has 98 valence electrons. The van der Waals surface area contributed by atoms with Gasteiger partial charge in [-0.1, -0.05) is 6.07 Å². The van der Waals surface area contributed by atoms with Crippen molar-refractivity contribution in [3.8, 4) is 0 Å². The Morgan fingerprint density at radius 2 is 2.11 bits per heavy atom. The molecule has 0 aromatic carbocycles. The van der Waals surface area contributed by atoms with E-state index in [0.717, 1.165) is 18.9 Å². The molecule has 2 N–H and O–H groups in total. The molecule has 6 heteroatoms. The topological polar surface area (TPSA) is 37.0 Å². The van der Waals surface area contributed by atoms with E-state index in [9.17, 15) is 13.2 Å². The second-order valence-corrected chi connectivity index (χ2v) is 4.94. The lowest BCUT2D eigenvalue weighted by Gasteiger charge is -2.22. The molecule has 0 saturated carbocycles. The van der Waals surface area contributed by atoms with E-state index in [1.54, 1.807) is 6.07 Å².